The molecule has 2 aromatic rings. The quantitative estimate of drug-likeness (QED) is 0.930. The minimum Gasteiger partial charge on any atom is -0.472 e. The van der Waals surface area contributed by atoms with Crippen molar-refractivity contribution in [1.29, 1.82) is 0 Å². The van der Waals surface area contributed by atoms with Crippen molar-refractivity contribution in [1.82, 2.24) is 14.9 Å². The summed E-state index contributed by atoms with van der Waals surface area (Å²) in [5, 5.41) is 3.37. The molecule has 1 spiro atoms. The van der Waals surface area contributed by atoms with Crippen LogP contribution in [0.3, 0.4) is 0 Å². The molecule has 2 saturated heterocycles. The second kappa shape index (κ2) is 5.70. The van der Waals surface area contributed by atoms with E-state index >= 15 is 0 Å². The first kappa shape index (κ1) is 13.7. The van der Waals surface area contributed by atoms with Crippen LogP contribution < -0.4 is 5.32 Å². The topological polar surface area (TPSA) is 63.4 Å². The summed E-state index contributed by atoms with van der Waals surface area (Å²) in [6.07, 6.45) is 9.14. The molecule has 0 aliphatic carbocycles. The van der Waals surface area contributed by atoms with Crippen molar-refractivity contribution in [3.8, 4) is 0 Å². The summed E-state index contributed by atoms with van der Waals surface area (Å²) in [5.41, 5.74) is 1.21. The summed E-state index contributed by atoms with van der Waals surface area (Å²) >= 11 is 0. The molecule has 2 aliphatic heterocycles. The Morgan fingerprint density at radius 1 is 1.36 bits per heavy atom. The molecule has 0 saturated carbocycles. The average molecular weight is 300 g/mol. The van der Waals surface area contributed by atoms with Gasteiger partial charge in [0.2, 0.25) is 5.95 Å². The molecule has 0 amide bonds. The SMILES string of the molecule is c1cnc(N[C@H]2CO[C@]3(CCN(Cc4ccoc4)C3)C2)nc1. The Morgan fingerprint density at radius 3 is 3.09 bits per heavy atom. The molecule has 1 N–H and O–H groups in total. The number of hydrogen-bond acceptors (Lipinski definition) is 6. The van der Waals surface area contributed by atoms with Gasteiger partial charge >= 0.3 is 0 Å². The Morgan fingerprint density at radius 2 is 2.27 bits per heavy atom. The number of likely N-dealkylation sites (tertiary alicyclic amines) is 1. The third-order valence-corrected chi connectivity index (χ3v) is 4.49. The van der Waals surface area contributed by atoms with Gasteiger partial charge in [-0.1, -0.05) is 0 Å². The Bertz CT molecular complexity index is 604. The number of hydrogen-bond donors (Lipinski definition) is 1. The third kappa shape index (κ3) is 2.84. The number of ether oxygens (including phenoxy) is 1. The predicted octanol–water partition coefficient (Wildman–Crippen LogP) is 1.92. The Kier molecular flexibility index (Phi) is 3.56. The van der Waals surface area contributed by atoms with E-state index in [0.29, 0.717) is 5.95 Å². The lowest BCUT2D eigenvalue weighted by molar-refractivity contribution is 0.0120. The maximum atomic E-state index is 6.15. The normalized spacial score (nSPS) is 28.5. The van der Waals surface area contributed by atoms with E-state index in [9.17, 15) is 0 Å². The number of rotatable bonds is 4. The summed E-state index contributed by atoms with van der Waals surface area (Å²) in [5.74, 6) is 0.682. The Balaban J connectivity index is 1.34. The van der Waals surface area contributed by atoms with E-state index in [4.69, 9.17) is 9.15 Å². The lowest BCUT2D eigenvalue weighted by Crippen LogP contribution is -2.33. The number of aromatic nitrogens is 2. The zero-order valence-corrected chi connectivity index (χ0v) is 12.4. The lowest BCUT2D eigenvalue weighted by atomic mass is 9.97. The van der Waals surface area contributed by atoms with Crippen LogP contribution >= 0.6 is 0 Å². The van der Waals surface area contributed by atoms with Gasteiger partial charge in [0.1, 0.15) is 0 Å². The second-order valence-corrected chi connectivity index (χ2v) is 6.20. The van der Waals surface area contributed by atoms with Crippen molar-refractivity contribution in [2.75, 3.05) is 25.0 Å². The van der Waals surface area contributed by atoms with E-state index in [0.717, 1.165) is 39.1 Å². The molecule has 4 rings (SSSR count). The summed E-state index contributed by atoms with van der Waals surface area (Å²) < 4.78 is 11.3. The molecule has 6 heteroatoms. The fraction of sp³-hybridized carbons (Fsp3) is 0.500. The molecule has 2 aliphatic rings. The smallest absolute Gasteiger partial charge is 0.222 e. The minimum atomic E-state index is -0.0177. The number of nitrogens with one attached hydrogen (secondary N) is 1. The molecule has 0 bridgehead atoms. The largest absolute Gasteiger partial charge is 0.472 e. The number of anilines is 1. The molecular weight excluding hydrogens is 280 g/mol. The molecule has 2 atom stereocenters. The summed E-state index contributed by atoms with van der Waals surface area (Å²) in [4.78, 5) is 10.9. The van der Waals surface area contributed by atoms with Crippen LogP contribution in [0, 0.1) is 0 Å². The van der Waals surface area contributed by atoms with Gasteiger partial charge in [0.25, 0.3) is 0 Å². The highest BCUT2D eigenvalue weighted by molar-refractivity contribution is 5.25. The van der Waals surface area contributed by atoms with Crippen molar-refractivity contribution in [2.45, 2.75) is 31.0 Å². The molecule has 0 radical (unpaired) electrons. The van der Waals surface area contributed by atoms with Gasteiger partial charge in [0.15, 0.2) is 0 Å². The molecule has 2 fully saturated rings. The molecule has 2 aromatic heterocycles. The molecule has 0 unspecified atom stereocenters. The van der Waals surface area contributed by atoms with E-state index in [1.165, 1.54) is 5.56 Å². The Hall–Kier alpha value is -1.92. The van der Waals surface area contributed by atoms with Gasteiger partial charge in [-0.15, -0.1) is 0 Å². The molecule has 6 nitrogen and oxygen atoms in total. The average Bonchev–Trinajstić information content (AvgIpc) is 3.25. The summed E-state index contributed by atoms with van der Waals surface area (Å²) in [6.45, 7) is 3.70. The Labute approximate surface area is 129 Å². The van der Waals surface area contributed by atoms with E-state index in [1.54, 1.807) is 18.7 Å². The van der Waals surface area contributed by atoms with Crippen molar-refractivity contribution >= 4 is 5.95 Å². The van der Waals surface area contributed by atoms with Crippen LogP contribution in [0.4, 0.5) is 5.95 Å². The van der Waals surface area contributed by atoms with Crippen LogP contribution in [0.2, 0.25) is 0 Å². The van der Waals surface area contributed by atoms with Crippen molar-refractivity contribution in [2.24, 2.45) is 0 Å². The van der Waals surface area contributed by atoms with Crippen LogP contribution in [0.1, 0.15) is 18.4 Å². The second-order valence-electron chi connectivity index (χ2n) is 6.20. The maximum Gasteiger partial charge on any atom is 0.222 e. The predicted molar refractivity (Wildman–Crippen MR) is 81.3 cm³/mol. The molecule has 116 valence electrons. The minimum absolute atomic E-state index is 0.0177. The van der Waals surface area contributed by atoms with E-state index in [-0.39, 0.29) is 11.6 Å². The fourth-order valence-corrected chi connectivity index (χ4v) is 3.48. The van der Waals surface area contributed by atoms with Crippen LogP contribution in [0.5, 0.6) is 0 Å². The lowest BCUT2D eigenvalue weighted by Gasteiger charge is -2.23. The zero-order chi connectivity index (χ0) is 14.8. The van der Waals surface area contributed by atoms with Gasteiger partial charge in [-0.25, -0.2) is 9.97 Å². The van der Waals surface area contributed by atoms with Gasteiger partial charge in [-0.3, -0.25) is 4.90 Å². The van der Waals surface area contributed by atoms with Gasteiger partial charge in [0.05, 0.1) is 30.8 Å². The monoisotopic (exact) mass is 300 g/mol. The van der Waals surface area contributed by atoms with E-state index in [2.05, 4.69) is 20.2 Å². The molecular formula is C16H20N4O2. The third-order valence-electron chi connectivity index (χ3n) is 4.49. The van der Waals surface area contributed by atoms with E-state index < -0.39 is 0 Å². The molecule has 4 heterocycles. The standard InChI is InChI=1S/C16H20N4O2/c1-4-17-15(18-5-1)19-14-8-16(22-11-14)3-6-20(12-16)9-13-2-7-21-10-13/h1-2,4-5,7,10,14H,3,6,8-9,11-12H2,(H,17,18,19)/t14-,16-/m1/s1. The van der Waals surface area contributed by atoms with Crippen molar-refractivity contribution in [3.05, 3.63) is 42.6 Å². The van der Waals surface area contributed by atoms with Gasteiger partial charge < -0.3 is 14.5 Å². The first-order valence-electron chi connectivity index (χ1n) is 7.72. The highest BCUT2D eigenvalue weighted by Crippen LogP contribution is 2.36. The van der Waals surface area contributed by atoms with Crippen molar-refractivity contribution in [3.63, 3.8) is 0 Å². The number of furan rings is 1. The molecule has 22 heavy (non-hydrogen) atoms. The first-order valence-corrected chi connectivity index (χ1v) is 7.72. The number of nitrogens with zero attached hydrogens (tertiary/aromatic N) is 3. The van der Waals surface area contributed by atoms with Crippen LogP contribution in [0.25, 0.3) is 0 Å². The highest BCUT2D eigenvalue weighted by Gasteiger charge is 2.45. The van der Waals surface area contributed by atoms with Gasteiger partial charge in [-0.2, -0.15) is 0 Å². The highest BCUT2D eigenvalue weighted by atomic mass is 16.5. The summed E-state index contributed by atoms with van der Waals surface area (Å²) in [6, 6.07) is 4.14. The molecule has 0 aromatic carbocycles. The van der Waals surface area contributed by atoms with E-state index in [1.807, 2.05) is 18.4 Å². The zero-order valence-electron chi connectivity index (χ0n) is 12.4. The first-order chi connectivity index (χ1) is 10.8. The summed E-state index contributed by atoms with van der Waals surface area (Å²) in [7, 11) is 0. The van der Waals surface area contributed by atoms with Crippen molar-refractivity contribution < 1.29 is 9.15 Å². The van der Waals surface area contributed by atoms with Crippen LogP contribution in [0.15, 0.2) is 41.5 Å². The fourth-order valence-electron chi connectivity index (χ4n) is 3.48. The van der Waals surface area contributed by atoms with Crippen LogP contribution in [-0.2, 0) is 11.3 Å². The van der Waals surface area contributed by atoms with Crippen LogP contribution in [-0.4, -0.2) is 46.2 Å². The maximum absolute atomic E-state index is 6.15. The van der Waals surface area contributed by atoms with Gasteiger partial charge in [0, 0.05) is 44.0 Å². The van der Waals surface area contributed by atoms with Gasteiger partial charge in [-0.05, 0) is 18.6 Å².